The molecule has 3 unspecified atom stereocenters. The number of aliphatic carboxylic acids is 1. The monoisotopic (exact) mass is 373 g/mol. The lowest BCUT2D eigenvalue weighted by molar-refractivity contribution is -0.137. The zero-order valence-corrected chi connectivity index (χ0v) is 16.5. The Morgan fingerprint density at radius 1 is 1.24 bits per heavy atom. The Labute approximate surface area is 158 Å². The number of hydrogen-bond acceptors (Lipinski definition) is 3. The lowest BCUT2D eigenvalue weighted by atomic mass is 10.1. The van der Waals surface area contributed by atoms with Gasteiger partial charge in [0.15, 0.2) is 0 Å². The van der Waals surface area contributed by atoms with Crippen molar-refractivity contribution in [3.63, 3.8) is 0 Å². The second-order valence-corrected chi connectivity index (χ2v) is 7.75. The number of hydrogen-bond donors (Lipinski definition) is 2. The van der Waals surface area contributed by atoms with Crippen LogP contribution in [0.15, 0.2) is 12.2 Å². The number of nitrogens with zero attached hydrogens (tertiary/aromatic N) is 1. The zero-order valence-electron chi connectivity index (χ0n) is 15.7. The minimum Gasteiger partial charge on any atom is -0.481 e. The molecule has 0 aromatic carbocycles. The number of alkyl halides is 1. The lowest BCUT2D eigenvalue weighted by Gasteiger charge is -2.25. The summed E-state index contributed by atoms with van der Waals surface area (Å²) in [6.07, 6.45) is 14.1. The van der Waals surface area contributed by atoms with Crippen molar-refractivity contribution in [2.45, 2.75) is 95.1 Å². The summed E-state index contributed by atoms with van der Waals surface area (Å²) in [5, 5.41) is 18.9. The van der Waals surface area contributed by atoms with E-state index in [9.17, 15) is 9.90 Å². The number of halogens is 1. The van der Waals surface area contributed by atoms with Crippen molar-refractivity contribution in [2.24, 2.45) is 0 Å². The standard InChI is InChI=1S/C20H36ClNO3/c1-2-3-6-10-17(23)11-9-15-22-16-14-18(21)19(22)12-7-4-5-8-13-20(24)25/h4,7,17-19,23H,2-3,5-6,8-16H2,1H3,(H,24,25). The van der Waals surface area contributed by atoms with Crippen LogP contribution >= 0.6 is 11.6 Å². The lowest BCUT2D eigenvalue weighted by Crippen LogP contribution is -2.34. The van der Waals surface area contributed by atoms with Gasteiger partial charge in [0.2, 0.25) is 0 Å². The van der Waals surface area contributed by atoms with Gasteiger partial charge < -0.3 is 10.2 Å². The van der Waals surface area contributed by atoms with Gasteiger partial charge >= 0.3 is 5.97 Å². The average Bonchev–Trinajstić information content (AvgIpc) is 2.91. The van der Waals surface area contributed by atoms with Gasteiger partial charge in [-0.3, -0.25) is 9.69 Å². The first-order chi connectivity index (χ1) is 12.0. The molecule has 1 heterocycles. The molecule has 0 saturated carbocycles. The molecule has 0 radical (unpaired) electrons. The van der Waals surface area contributed by atoms with Crippen molar-refractivity contribution in [3.8, 4) is 0 Å². The van der Waals surface area contributed by atoms with E-state index in [1.807, 2.05) is 0 Å². The number of rotatable bonds is 14. The Balaban J connectivity index is 2.21. The molecule has 25 heavy (non-hydrogen) atoms. The van der Waals surface area contributed by atoms with E-state index in [0.29, 0.717) is 12.5 Å². The number of likely N-dealkylation sites (tertiary alicyclic amines) is 1. The third kappa shape index (κ3) is 10.2. The van der Waals surface area contributed by atoms with Gasteiger partial charge in [0.05, 0.1) is 11.5 Å². The van der Waals surface area contributed by atoms with Crippen LogP contribution < -0.4 is 0 Å². The molecular formula is C20H36ClNO3. The predicted molar refractivity (Wildman–Crippen MR) is 104 cm³/mol. The van der Waals surface area contributed by atoms with Gasteiger partial charge in [0.25, 0.3) is 0 Å². The van der Waals surface area contributed by atoms with Crippen LogP contribution in [0.5, 0.6) is 0 Å². The Hall–Kier alpha value is -0.580. The van der Waals surface area contributed by atoms with Gasteiger partial charge in [-0.05, 0) is 58.0 Å². The average molecular weight is 374 g/mol. The summed E-state index contributed by atoms with van der Waals surface area (Å²) < 4.78 is 0. The van der Waals surface area contributed by atoms with Gasteiger partial charge in [-0.2, -0.15) is 0 Å². The maximum atomic E-state index is 10.5. The van der Waals surface area contributed by atoms with Crippen molar-refractivity contribution in [1.82, 2.24) is 4.90 Å². The quantitative estimate of drug-likeness (QED) is 0.265. The molecule has 2 N–H and O–H groups in total. The maximum Gasteiger partial charge on any atom is 0.303 e. The summed E-state index contributed by atoms with van der Waals surface area (Å²) in [4.78, 5) is 12.9. The van der Waals surface area contributed by atoms with Crippen LogP contribution in [0.2, 0.25) is 0 Å². The first-order valence-electron chi connectivity index (χ1n) is 9.97. The topological polar surface area (TPSA) is 60.8 Å². The first kappa shape index (κ1) is 22.5. The minimum atomic E-state index is -0.729. The van der Waals surface area contributed by atoms with Gasteiger partial charge in [-0.25, -0.2) is 0 Å². The Morgan fingerprint density at radius 2 is 2.00 bits per heavy atom. The molecule has 1 aliphatic heterocycles. The maximum absolute atomic E-state index is 10.5. The van der Waals surface area contributed by atoms with E-state index >= 15 is 0 Å². The Kier molecular flexibility index (Phi) is 12.2. The molecule has 0 amide bonds. The number of carboxylic acids is 1. The van der Waals surface area contributed by atoms with E-state index in [0.717, 1.165) is 58.0 Å². The molecule has 146 valence electrons. The number of aliphatic hydroxyl groups excluding tert-OH is 1. The summed E-state index contributed by atoms with van der Waals surface area (Å²) in [5.41, 5.74) is 0. The largest absolute Gasteiger partial charge is 0.481 e. The molecule has 1 saturated heterocycles. The van der Waals surface area contributed by atoms with Crippen molar-refractivity contribution in [3.05, 3.63) is 12.2 Å². The normalized spacial score (nSPS) is 22.7. The van der Waals surface area contributed by atoms with Crippen molar-refractivity contribution in [2.75, 3.05) is 13.1 Å². The van der Waals surface area contributed by atoms with Gasteiger partial charge in [0, 0.05) is 12.5 Å². The molecule has 3 atom stereocenters. The fourth-order valence-electron chi connectivity index (χ4n) is 3.48. The minimum absolute atomic E-state index is 0.159. The molecule has 0 aromatic rings. The van der Waals surface area contributed by atoms with E-state index in [2.05, 4.69) is 24.0 Å². The number of allylic oxidation sites excluding steroid dienone is 1. The molecule has 0 aromatic heterocycles. The van der Waals surface area contributed by atoms with E-state index in [1.165, 1.54) is 12.8 Å². The highest BCUT2D eigenvalue weighted by Crippen LogP contribution is 2.26. The van der Waals surface area contributed by atoms with E-state index in [-0.39, 0.29) is 17.9 Å². The van der Waals surface area contributed by atoms with Crippen LogP contribution in [0.3, 0.4) is 0 Å². The smallest absolute Gasteiger partial charge is 0.303 e. The van der Waals surface area contributed by atoms with Crippen LogP contribution in [0.4, 0.5) is 0 Å². The molecule has 1 fully saturated rings. The van der Waals surface area contributed by atoms with Gasteiger partial charge in [0.1, 0.15) is 0 Å². The Bertz CT molecular complexity index is 389. The SMILES string of the molecule is CCCCCC(O)CCCN1CCC(Cl)C1CC=CCCCC(=O)O. The molecule has 0 spiro atoms. The summed E-state index contributed by atoms with van der Waals surface area (Å²) in [6, 6.07) is 0.370. The van der Waals surface area contributed by atoms with Crippen molar-refractivity contribution in [1.29, 1.82) is 0 Å². The highest BCUT2D eigenvalue weighted by molar-refractivity contribution is 6.21. The fourth-order valence-corrected chi connectivity index (χ4v) is 3.84. The number of carbonyl (C=O) groups is 1. The molecule has 4 nitrogen and oxygen atoms in total. The third-order valence-corrected chi connectivity index (χ3v) is 5.52. The second-order valence-electron chi connectivity index (χ2n) is 7.19. The molecule has 1 rings (SSSR count). The van der Waals surface area contributed by atoms with E-state index in [1.54, 1.807) is 0 Å². The first-order valence-corrected chi connectivity index (χ1v) is 10.4. The van der Waals surface area contributed by atoms with Crippen molar-refractivity contribution < 1.29 is 15.0 Å². The van der Waals surface area contributed by atoms with E-state index in [4.69, 9.17) is 16.7 Å². The van der Waals surface area contributed by atoms with Crippen LogP contribution in [-0.4, -0.2) is 51.7 Å². The van der Waals surface area contributed by atoms with Gasteiger partial charge in [-0.1, -0.05) is 38.3 Å². The number of carboxylic acid groups (broad SMARTS) is 1. The van der Waals surface area contributed by atoms with Gasteiger partial charge in [-0.15, -0.1) is 11.6 Å². The highest BCUT2D eigenvalue weighted by atomic mass is 35.5. The van der Waals surface area contributed by atoms with Crippen molar-refractivity contribution >= 4 is 17.6 Å². The third-order valence-electron chi connectivity index (χ3n) is 5.01. The molecule has 0 aliphatic carbocycles. The molecule has 1 aliphatic rings. The number of aliphatic hydroxyl groups is 1. The zero-order chi connectivity index (χ0) is 18.5. The van der Waals surface area contributed by atoms with E-state index < -0.39 is 5.97 Å². The van der Waals surface area contributed by atoms with Crippen LogP contribution in [0.25, 0.3) is 0 Å². The predicted octanol–water partition coefficient (Wildman–Crippen LogP) is 4.59. The molecule has 0 bridgehead atoms. The second kappa shape index (κ2) is 13.6. The summed E-state index contributed by atoms with van der Waals surface area (Å²) in [6.45, 7) is 4.23. The molecular weight excluding hydrogens is 338 g/mol. The molecule has 5 heteroatoms. The van der Waals surface area contributed by atoms with Crippen LogP contribution in [0.1, 0.15) is 77.6 Å². The summed E-state index contributed by atoms with van der Waals surface area (Å²) >= 11 is 6.48. The highest BCUT2D eigenvalue weighted by Gasteiger charge is 2.31. The summed E-state index contributed by atoms with van der Waals surface area (Å²) in [7, 11) is 0. The fraction of sp³-hybridized carbons (Fsp3) is 0.850. The summed E-state index contributed by atoms with van der Waals surface area (Å²) in [5.74, 6) is -0.729. The number of unbranched alkanes of at least 4 members (excludes halogenated alkanes) is 3. The Morgan fingerprint density at radius 3 is 2.72 bits per heavy atom. The van der Waals surface area contributed by atoms with Crippen LogP contribution in [0, 0.1) is 0 Å². The van der Waals surface area contributed by atoms with Crippen LogP contribution in [-0.2, 0) is 4.79 Å².